The number of carbonyl (C=O) groups excluding carboxylic acids is 1. The van der Waals surface area contributed by atoms with Gasteiger partial charge in [0.25, 0.3) is 0 Å². The van der Waals surface area contributed by atoms with E-state index in [-0.39, 0.29) is 17.2 Å². The normalized spacial score (nSPS) is 24.0. The number of amides is 1. The second-order valence-corrected chi connectivity index (χ2v) is 6.15. The minimum absolute atomic E-state index is 0.0410. The van der Waals surface area contributed by atoms with Gasteiger partial charge in [-0.3, -0.25) is 9.59 Å². The maximum absolute atomic E-state index is 12.5. The predicted molar refractivity (Wildman–Crippen MR) is 74.8 cm³/mol. The lowest BCUT2D eigenvalue weighted by molar-refractivity contribution is -0.142. The smallest absolute Gasteiger partial charge is 0.307 e. The molecule has 2 atom stereocenters. The van der Waals surface area contributed by atoms with Crippen LogP contribution >= 0.6 is 0 Å². The van der Waals surface area contributed by atoms with E-state index in [1.54, 1.807) is 0 Å². The Morgan fingerprint density at radius 1 is 1.05 bits per heavy atom. The van der Waals surface area contributed by atoms with Gasteiger partial charge in [-0.1, -0.05) is 40.5 Å². The molecule has 1 N–H and O–H groups in total. The summed E-state index contributed by atoms with van der Waals surface area (Å²) in [7, 11) is 0. The lowest BCUT2D eigenvalue weighted by Crippen LogP contribution is -2.35. The average molecular weight is 269 g/mol. The number of hydrogen-bond acceptors (Lipinski definition) is 2. The molecule has 0 aromatic heterocycles. The minimum atomic E-state index is -0.839. The Bertz CT molecular complexity index is 330. The van der Waals surface area contributed by atoms with Crippen LogP contribution in [0.1, 0.15) is 53.4 Å². The molecular weight excluding hydrogens is 242 g/mol. The SMILES string of the molecule is CCCCN(CCCC)C(=O)C1C(C(=O)O)C1(C)C. The van der Waals surface area contributed by atoms with Crippen LogP contribution < -0.4 is 0 Å². The van der Waals surface area contributed by atoms with Crippen molar-refractivity contribution in [3.05, 3.63) is 0 Å². The summed E-state index contributed by atoms with van der Waals surface area (Å²) in [6.45, 7) is 9.48. The van der Waals surface area contributed by atoms with E-state index in [0.717, 1.165) is 38.8 Å². The zero-order valence-corrected chi connectivity index (χ0v) is 12.6. The van der Waals surface area contributed by atoms with Crippen LogP contribution in [0.2, 0.25) is 0 Å². The first-order valence-corrected chi connectivity index (χ1v) is 7.39. The molecule has 0 radical (unpaired) electrons. The van der Waals surface area contributed by atoms with Crippen molar-refractivity contribution in [2.75, 3.05) is 13.1 Å². The Morgan fingerprint density at radius 3 is 1.84 bits per heavy atom. The third-order valence-electron chi connectivity index (χ3n) is 4.23. The van der Waals surface area contributed by atoms with Crippen molar-refractivity contribution in [2.45, 2.75) is 53.4 Å². The molecule has 1 aliphatic rings. The average Bonchev–Trinajstić information content (AvgIpc) is 2.92. The molecule has 0 aromatic rings. The van der Waals surface area contributed by atoms with Crippen LogP contribution in [0.3, 0.4) is 0 Å². The Labute approximate surface area is 116 Å². The van der Waals surface area contributed by atoms with Gasteiger partial charge in [-0.05, 0) is 18.3 Å². The van der Waals surface area contributed by atoms with Crippen molar-refractivity contribution in [3.63, 3.8) is 0 Å². The highest BCUT2D eigenvalue weighted by atomic mass is 16.4. The van der Waals surface area contributed by atoms with Crippen LogP contribution in [0.5, 0.6) is 0 Å². The molecule has 4 heteroatoms. The topological polar surface area (TPSA) is 57.6 Å². The van der Waals surface area contributed by atoms with Crippen LogP contribution in [0.15, 0.2) is 0 Å². The van der Waals surface area contributed by atoms with Gasteiger partial charge in [0.2, 0.25) is 5.91 Å². The van der Waals surface area contributed by atoms with E-state index >= 15 is 0 Å². The van der Waals surface area contributed by atoms with Crippen LogP contribution in [0.4, 0.5) is 0 Å². The summed E-state index contributed by atoms with van der Waals surface area (Å²) in [5, 5.41) is 9.17. The van der Waals surface area contributed by atoms with Crippen molar-refractivity contribution in [3.8, 4) is 0 Å². The molecule has 1 saturated carbocycles. The Hall–Kier alpha value is -1.06. The second kappa shape index (κ2) is 6.40. The number of nitrogens with zero attached hydrogens (tertiary/aromatic N) is 1. The van der Waals surface area contributed by atoms with Gasteiger partial charge in [-0.25, -0.2) is 0 Å². The summed E-state index contributed by atoms with van der Waals surface area (Å²) in [4.78, 5) is 25.6. The first kappa shape index (κ1) is 16.0. The molecule has 0 spiro atoms. The number of carboxylic acid groups (broad SMARTS) is 1. The number of carbonyl (C=O) groups is 2. The molecule has 2 unspecified atom stereocenters. The fourth-order valence-corrected chi connectivity index (χ4v) is 2.79. The molecule has 1 rings (SSSR count). The Balaban J connectivity index is 2.69. The molecule has 1 amide bonds. The van der Waals surface area contributed by atoms with Crippen molar-refractivity contribution < 1.29 is 14.7 Å². The minimum Gasteiger partial charge on any atom is -0.481 e. The van der Waals surface area contributed by atoms with E-state index in [1.807, 2.05) is 18.7 Å². The van der Waals surface area contributed by atoms with E-state index in [1.165, 1.54) is 0 Å². The molecule has 0 heterocycles. The molecule has 0 aliphatic heterocycles. The first-order valence-electron chi connectivity index (χ1n) is 7.39. The van der Waals surface area contributed by atoms with Gasteiger partial charge in [0.1, 0.15) is 0 Å². The number of hydrogen-bond donors (Lipinski definition) is 1. The molecule has 4 nitrogen and oxygen atoms in total. The third kappa shape index (κ3) is 3.48. The lowest BCUT2D eigenvalue weighted by atomic mass is 10.1. The van der Waals surface area contributed by atoms with Crippen molar-refractivity contribution >= 4 is 11.9 Å². The predicted octanol–water partition coefficient (Wildman–Crippen LogP) is 2.77. The highest BCUT2D eigenvalue weighted by molar-refractivity contribution is 5.91. The monoisotopic (exact) mass is 269 g/mol. The van der Waals surface area contributed by atoms with E-state index < -0.39 is 11.9 Å². The van der Waals surface area contributed by atoms with Gasteiger partial charge in [0.15, 0.2) is 0 Å². The number of aliphatic carboxylic acids is 1. The van der Waals surface area contributed by atoms with Gasteiger partial charge in [-0.2, -0.15) is 0 Å². The highest BCUT2D eigenvalue weighted by Gasteiger charge is 2.66. The van der Waals surface area contributed by atoms with E-state index in [0.29, 0.717) is 0 Å². The van der Waals surface area contributed by atoms with Gasteiger partial charge >= 0.3 is 5.97 Å². The Kier molecular flexibility index (Phi) is 5.39. The van der Waals surface area contributed by atoms with Crippen molar-refractivity contribution in [2.24, 2.45) is 17.3 Å². The van der Waals surface area contributed by atoms with Crippen LogP contribution in [0, 0.1) is 17.3 Å². The summed E-state index contributed by atoms with van der Waals surface area (Å²) in [5.41, 5.74) is -0.389. The third-order valence-corrected chi connectivity index (χ3v) is 4.23. The van der Waals surface area contributed by atoms with Gasteiger partial charge in [-0.15, -0.1) is 0 Å². The zero-order valence-electron chi connectivity index (χ0n) is 12.6. The molecule has 0 aromatic carbocycles. The van der Waals surface area contributed by atoms with E-state index in [2.05, 4.69) is 13.8 Å². The summed E-state index contributed by atoms with van der Waals surface area (Å²) >= 11 is 0. The van der Waals surface area contributed by atoms with Crippen LogP contribution in [0.25, 0.3) is 0 Å². The van der Waals surface area contributed by atoms with Crippen molar-refractivity contribution in [1.82, 2.24) is 4.90 Å². The van der Waals surface area contributed by atoms with Gasteiger partial charge < -0.3 is 10.0 Å². The number of unbranched alkanes of at least 4 members (excludes halogenated alkanes) is 2. The maximum Gasteiger partial charge on any atom is 0.307 e. The second-order valence-electron chi connectivity index (χ2n) is 6.15. The summed E-state index contributed by atoms with van der Waals surface area (Å²) in [6.07, 6.45) is 4.07. The zero-order chi connectivity index (χ0) is 14.6. The standard InChI is InChI=1S/C15H27NO3/c1-5-7-9-16(10-8-6-2)13(17)11-12(14(18)19)15(11,3)4/h11-12H,5-10H2,1-4H3,(H,18,19). The number of rotatable bonds is 8. The largest absolute Gasteiger partial charge is 0.481 e. The van der Waals surface area contributed by atoms with Crippen LogP contribution in [-0.4, -0.2) is 35.0 Å². The lowest BCUT2D eigenvalue weighted by Gasteiger charge is -2.23. The quantitative estimate of drug-likeness (QED) is 0.737. The fourth-order valence-electron chi connectivity index (χ4n) is 2.79. The van der Waals surface area contributed by atoms with Gasteiger partial charge in [0, 0.05) is 13.1 Å². The van der Waals surface area contributed by atoms with Gasteiger partial charge in [0.05, 0.1) is 11.8 Å². The maximum atomic E-state index is 12.5. The summed E-state index contributed by atoms with van der Waals surface area (Å²) in [5.74, 6) is -1.64. The Morgan fingerprint density at radius 2 is 1.53 bits per heavy atom. The molecule has 0 saturated heterocycles. The highest BCUT2D eigenvalue weighted by Crippen LogP contribution is 2.59. The number of carboxylic acids is 1. The van der Waals surface area contributed by atoms with E-state index in [9.17, 15) is 14.7 Å². The fraction of sp³-hybridized carbons (Fsp3) is 0.867. The summed E-state index contributed by atoms with van der Waals surface area (Å²) in [6, 6.07) is 0. The molecule has 0 bridgehead atoms. The molecule has 19 heavy (non-hydrogen) atoms. The molecular formula is C15H27NO3. The molecule has 1 fully saturated rings. The summed E-state index contributed by atoms with van der Waals surface area (Å²) < 4.78 is 0. The molecule has 1 aliphatic carbocycles. The first-order chi connectivity index (χ1) is 8.87. The van der Waals surface area contributed by atoms with Crippen LogP contribution in [-0.2, 0) is 9.59 Å². The van der Waals surface area contributed by atoms with E-state index in [4.69, 9.17) is 0 Å². The van der Waals surface area contributed by atoms with Crippen molar-refractivity contribution in [1.29, 1.82) is 0 Å². The molecule has 110 valence electrons.